The van der Waals surface area contributed by atoms with E-state index in [0.29, 0.717) is 10.8 Å². The van der Waals surface area contributed by atoms with Crippen LogP contribution in [0.1, 0.15) is 87.5 Å². The Kier molecular flexibility index (Phi) is 5.15. The van der Waals surface area contributed by atoms with Gasteiger partial charge in [0.15, 0.2) is 0 Å². The topological polar surface area (TPSA) is 12.0 Å². The smallest absolute Gasteiger partial charge is 0.00991 e. The highest BCUT2D eigenvalue weighted by atomic mass is 15.0. The Labute approximate surface area is 121 Å². The first-order valence-electron chi connectivity index (χ1n) is 8.23. The van der Waals surface area contributed by atoms with Crippen LogP contribution in [0.4, 0.5) is 0 Å². The van der Waals surface area contributed by atoms with Crippen LogP contribution in [-0.2, 0) is 0 Å². The molecular formula is C18H37N. The molecule has 0 bridgehead atoms. The van der Waals surface area contributed by atoms with Crippen LogP contribution >= 0.6 is 0 Å². The summed E-state index contributed by atoms with van der Waals surface area (Å²) in [7, 11) is 0. The molecule has 0 radical (unpaired) electrons. The lowest BCUT2D eigenvalue weighted by Crippen LogP contribution is -2.42. The maximum Gasteiger partial charge on any atom is 0.00991 e. The van der Waals surface area contributed by atoms with Gasteiger partial charge in [-0.3, -0.25) is 0 Å². The Hall–Kier alpha value is -0.0400. The molecule has 1 N–H and O–H groups in total. The largest absolute Gasteiger partial charge is 0.309 e. The fraction of sp³-hybridized carbons (Fsp3) is 1.00. The molecule has 114 valence electrons. The molecule has 1 fully saturated rings. The SMILES string of the molecule is CCC1(C)CC(NC(C)(C)C)CC1CCC(C)(C)C. The first kappa shape index (κ1) is 17.0. The van der Waals surface area contributed by atoms with E-state index < -0.39 is 0 Å². The van der Waals surface area contributed by atoms with Crippen LogP contribution < -0.4 is 5.32 Å². The van der Waals surface area contributed by atoms with Crippen molar-refractivity contribution in [3.05, 3.63) is 0 Å². The van der Waals surface area contributed by atoms with E-state index in [1.807, 2.05) is 0 Å². The van der Waals surface area contributed by atoms with Gasteiger partial charge >= 0.3 is 0 Å². The zero-order valence-corrected chi connectivity index (χ0v) is 14.7. The minimum absolute atomic E-state index is 0.248. The van der Waals surface area contributed by atoms with E-state index in [0.717, 1.165) is 12.0 Å². The van der Waals surface area contributed by atoms with E-state index in [4.69, 9.17) is 0 Å². The summed E-state index contributed by atoms with van der Waals surface area (Å²) in [6.07, 6.45) is 6.81. The van der Waals surface area contributed by atoms with Gasteiger partial charge in [-0.15, -0.1) is 0 Å². The van der Waals surface area contributed by atoms with Crippen LogP contribution in [0.25, 0.3) is 0 Å². The molecule has 3 unspecified atom stereocenters. The Morgan fingerprint density at radius 1 is 1.11 bits per heavy atom. The summed E-state index contributed by atoms with van der Waals surface area (Å²) in [6, 6.07) is 0.718. The number of rotatable bonds is 4. The standard InChI is InChI=1S/C18H37N/c1-9-18(8)13-15(19-17(5,6)7)12-14(18)10-11-16(2,3)4/h14-15,19H,9-13H2,1-8H3. The van der Waals surface area contributed by atoms with E-state index in [2.05, 4.69) is 60.7 Å². The van der Waals surface area contributed by atoms with Gasteiger partial charge in [0, 0.05) is 11.6 Å². The first-order chi connectivity index (χ1) is 8.45. The Balaban J connectivity index is 2.64. The van der Waals surface area contributed by atoms with Crippen molar-refractivity contribution >= 4 is 0 Å². The monoisotopic (exact) mass is 267 g/mol. The molecule has 0 aromatic carbocycles. The molecule has 0 heterocycles. The van der Waals surface area contributed by atoms with Gasteiger partial charge in [-0.25, -0.2) is 0 Å². The second-order valence-electron chi connectivity index (χ2n) is 9.33. The third kappa shape index (κ3) is 5.45. The maximum atomic E-state index is 3.83. The third-order valence-corrected chi connectivity index (χ3v) is 4.95. The third-order valence-electron chi connectivity index (χ3n) is 4.95. The molecular weight excluding hydrogens is 230 g/mol. The Bertz CT molecular complexity index is 281. The second kappa shape index (κ2) is 5.76. The zero-order chi connectivity index (χ0) is 14.9. The van der Waals surface area contributed by atoms with Crippen LogP contribution in [0.5, 0.6) is 0 Å². The van der Waals surface area contributed by atoms with Crippen molar-refractivity contribution in [3.8, 4) is 0 Å². The minimum Gasteiger partial charge on any atom is -0.309 e. The van der Waals surface area contributed by atoms with Gasteiger partial charge in [0.1, 0.15) is 0 Å². The van der Waals surface area contributed by atoms with Crippen molar-refractivity contribution in [1.29, 1.82) is 0 Å². The molecule has 1 aliphatic carbocycles. The molecule has 0 spiro atoms. The second-order valence-corrected chi connectivity index (χ2v) is 9.33. The van der Waals surface area contributed by atoms with E-state index in [1.165, 1.54) is 32.1 Å². The highest BCUT2D eigenvalue weighted by Crippen LogP contribution is 2.49. The van der Waals surface area contributed by atoms with Crippen molar-refractivity contribution in [2.75, 3.05) is 0 Å². The number of nitrogens with one attached hydrogen (secondary N) is 1. The molecule has 3 atom stereocenters. The van der Waals surface area contributed by atoms with E-state index in [1.54, 1.807) is 0 Å². The normalized spacial score (nSPS) is 32.8. The van der Waals surface area contributed by atoms with Crippen LogP contribution in [-0.4, -0.2) is 11.6 Å². The molecule has 1 aliphatic rings. The van der Waals surface area contributed by atoms with Gasteiger partial charge in [-0.2, -0.15) is 0 Å². The van der Waals surface area contributed by atoms with E-state index >= 15 is 0 Å². The molecule has 0 aliphatic heterocycles. The molecule has 0 aromatic rings. The molecule has 1 nitrogen and oxygen atoms in total. The van der Waals surface area contributed by atoms with Crippen molar-refractivity contribution in [2.24, 2.45) is 16.7 Å². The maximum absolute atomic E-state index is 3.83. The van der Waals surface area contributed by atoms with Crippen LogP contribution in [0.2, 0.25) is 0 Å². The number of hydrogen-bond acceptors (Lipinski definition) is 1. The molecule has 0 saturated heterocycles. The summed E-state index contributed by atoms with van der Waals surface area (Å²) in [4.78, 5) is 0. The molecule has 1 rings (SSSR count). The molecule has 0 amide bonds. The quantitative estimate of drug-likeness (QED) is 0.719. The lowest BCUT2D eigenvalue weighted by atomic mass is 9.73. The minimum atomic E-state index is 0.248. The predicted octanol–water partition coefficient (Wildman–Crippen LogP) is 5.40. The van der Waals surface area contributed by atoms with Crippen molar-refractivity contribution in [2.45, 2.75) is 99.1 Å². The Morgan fingerprint density at radius 3 is 2.11 bits per heavy atom. The Morgan fingerprint density at radius 2 is 1.68 bits per heavy atom. The van der Waals surface area contributed by atoms with Gasteiger partial charge in [0.05, 0.1) is 0 Å². The average molecular weight is 268 g/mol. The van der Waals surface area contributed by atoms with Crippen molar-refractivity contribution in [3.63, 3.8) is 0 Å². The highest BCUT2D eigenvalue weighted by Gasteiger charge is 2.43. The summed E-state index contributed by atoms with van der Waals surface area (Å²) in [5, 5.41) is 3.83. The molecule has 19 heavy (non-hydrogen) atoms. The van der Waals surface area contributed by atoms with Crippen LogP contribution in [0, 0.1) is 16.7 Å². The van der Waals surface area contributed by atoms with Gasteiger partial charge in [0.2, 0.25) is 0 Å². The summed E-state index contributed by atoms with van der Waals surface area (Å²) in [5.41, 5.74) is 1.27. The lowest BCUT2D eigenvalue weighted by molar-refractivity contribution is 0.183. The zero-order valence-electron chi connectivity index (χ0n) is 14.7. The van der Waals surface area contributed by atoms with Gasteiger partial charge in [-0.05, 0) is 63.2 Å². The summed E-state index contributed by atoms with van der Waals surface area (Å²) >= 11 is 0. The summed E-state index contributed by atoms with van der Waals surface area (Å²) < 4.78 is 0. The fourth-order valence-corrected chi connectivity index (χ4v) is 3.67. The van der Waals surface area contributed by atoms with Gasteiger partial charge < -0.3 is 5.32 Å². The molecule has 1 heteroatoms. The fourth-order valence-electron chi connectivity index (χ4n) is 3.67. The summed E-state index contributed by atoms with van der Waals surface area (Å²) in [6.45, 7) is 18.9. The number of hydrogen-bond donors (Lipinski definition) is 1. The predicted molar refractivity (Wildman–Crippen MR) is 86.5 cm³/mol. The van der Waals surface area contributed by atoms with Crippen molar-refractivity contribution < 1.29 is 0 Å². The van der Waals surface area contributed by atoms with E-state index in [-0.39, 0.29) is 5.54 Å². The molecule has 0 aromatic heterocycles. The van der Waals surface area contributed by atoms with Crippen molar-refractivity contribution in [1.82, 2.24) is 5.32 Å². The van der Waals surface area contributed by atoms with Gasteiger partial charge in [0.25, 0.3) is 0 Å². The van der Waals surface area contributed by atoms with E-state index in [9.17, 15) is 0 Å². The molecule has 1 saturated carbocycles. The summed E-state index contributed by atoms with van der Waals surface area (Å²) in [5.74, 6) is 0.900. The van der Waals surface area contributed by atoms with Crippen LogP contribution in [0.3, 0.4) is 0 Å². The van der Waals surface area contributed by atoms with Crippen LogP contribution in [0.15, 0.2) is 0 Å². The first-order valence-corrected chi connectivity index (χ1v) is 8.23. The van der Waals surface area contributed by atoms with Gasteiger partial charge in [-0.1, -0.05) is 41.0 Å². The lowest BCUT2D eigenvalue weighted by Gasteiger charge is -2.32. The highest BCUT2D eigenvalue weighted by molar-refractivity contribution is 4.97. The average Bonchev–Trinajstić information content (AvgIpc) is 2.49.